The van der Waals surface area contributed by atoms with Crippen LogP contribution in [0.1, 0.15) is 15.9 Å². The molecule has 0 saturated heterocycles. The average Bonchev–Trinajstić information content (AvgIpc) is 2.80. The molecule has 1 heterocycles. The molecule has 168 valence electrons. The van der Waals surface area contributed by atoms with Gasteiger partial charge < -0.3 is 14.0 Å². The van der Waals surface area contributed by atoms with Crippen LogP contribution in [0.2, 0.25) is 0 Å². The lowest BCUT2D eigenvalue weighted by atomic mass is 10.1. The molecule has 6 nitrogen and oxygen atoms in total. The first kappa shape index (κ1) is 22.1. The van der Waals surface area contributed by atoms with E-state index in [1.165, 1.54) is 17.7 Å². The van der Waals surface area contributed by atoms with Crippen LogP contribution in [-0.2, 0) is 11.3 Å². The molecule has 0 radical (unpaired) electrons. The molecule has 0 aliphatic rings. The van der Waals surface area contributed by atoms with Crippen molar-refractivity contribution in [3.8, 4) is 17.0 Å². The summed E-state index contributed by atoms with van der Waals surface area (Å²) in [5.41, 5.74) is 1.76. The number of halogens is 3. The summed E-state index contributed by atoms with van der Waals surface area (Å²) in [6.07, 6.45) is -4.88. The van der Waals surface area contributed by atoms with Gasteiger partial charge in [-0.15, -0.1) is 13.2 Å². The number of ether oxygens (including phenoxy) is 2. The predicted molar refractivity (Wildman–Crippen MR) is 115 cm³/mol. The van der Waals surface area contributed by atoms with Crippen LogP contribution in [0, 0.1) is 0 Å². The number of hydrogen-bond acceptors (Lipinski definition) is 5. The number of methoxy groups -OCH3 is 1. The number of fused-ring (bicyclic) bond motifs is 1. The van der Waals surface area contributed by atoms with Crippen LogP contribution in [-0.4, -0.2) is 29.0 Å². The fourth-order valence-electron chi connectivity index (χ4n) is 3.40. The van der Waals surface area contributed by atoms with Gasteiger partial charge in [0.2, 0.25) is 0 Å². The monoisotopic (exact) mass is 454 g/mol. The highest BCUT2D eigenvalue weighted by Gasteiger charge is 2.31. The number of esters is 1. The van der Waals surface area contributed by atoms with Crippen molar-refractivity contribution in [1.29, 1.82) is 0 Å². The van der Waals surface area contributed by atoms with Gasteiger partial charge >= 0.3 is 12.3 Å². The van der Waals surface area contributed by atoms with Gasteiger partial charge in [-0.25, -0.2) is 9.78 Å². The van der Waals surface area contributed by atoms with Crippen LogP contribution in [0.15, 0.2) is 77.6 Å². The second-order valence-electron chi connectivity index (χ2n) is 7.10. The summed E-state index contributed by atoms with van der Waals surface area (Å²) in [6, 6.07) is 18.8. The maximum absolute atomic E-state index is 13.4. The molecule has 0 unspecified atom stereocenters. The molecule has 0 bridgehead atoms. The Morgan fingerprint density at radius 1 is 1.00 bits per heavy atom. The Balaban J connectivity index is 1.86. The summed E-state index contributed by atoms with van der Waals surface area (Å²) in [7, 11) is 1.27. The zero-order valence-electron chi connectivity index (χ0n) is 17.3. The van der Waals surface area contributed by atoms with Crippen molar-refractivity contribution in [1.82, 2.24) is 9.55 Å². The van der Waals surface area contributed by atoms with Crippen LogP contribution in [0.3, 0.4) is 0 Å². The minimum atomic E-state index is -4.88. The van der Waals surface area contributed by atoms with E-state index in [1.54, 1.807) is 54.6 Å². The quantitative estimate of drug-likeness (QED) is 0.406. The zero-order valence-corrected chi connectivity index (χ0v) is 17.3. The van der Waals surface area contributed by atoms with Crippen molar-refractivity contribution >= 4 is 17.0 Å². The molecule has 0 N–H and O–H groups in total. The van der Waals surface area contributed by atoms with Crippen molar-refractivity contribution in [3.05, 3.63) is 94.3 Å². The second-order valence-corrected chi connectivity index (χ2v) is 7.10. The number of aromatic nitrogens is 2. The molecule has 0 saturated carbocycles. The topological polar surface area (TPSA) is 70.4 Å². The highest BCUT2D eigenvalue weighted by atomic mass is 19.4. The van der Waals surface area contributed by atoms with Crippen molar-refractivity contribution in [3.63, 3.8) is 0 Å². The second kappa shape index (κ2) is 8.78. The minimum Gasteiger partial charge on any atom is -0.465 e. The van der Waals surface area contributed by atoms with Gasteiger partial charge in [0.1, 0.15) is 11.4 Å². The Hall–Kier alpha value is -4.14. The Morgan fingerprint density at radius 3 is 2.33 bits per heavy atom. The van der Waals surface area contributed by atoms with Gasteiger partial charge in [0.15, 0.2) is 0 Å². The molecule has 0 spiro atoms. The van der Waals surface area contributed by atoms with E-state index < -0.39 is 23.6 Å². The van der Waals surface area contributed by atoms with Crippen molar-refractivity contribution in [2.45, 2.75) is 12.9 Å². The molecule has 0 aliphatic carbocycles. The summed E-state index contributed by atoms with van der Waals surface area (Å²) in [6.45, 7) is 0.0363. The van der Waals surface area contributed by atoms with Gasteiger partial charge in [-0.05, 0) is 29.8 Å². The smallest absolute Gasteiger partial charge is 0.465 e. The highest BCUT2D eigenvalue weighted by molar-refractivity contribution is 5.89. The third-order valence-electron chi connectivity index (χ3n) is 4.91. The first-order valence-corrected chi connectivity index (χ1v) is 9.78. The molecule has 4 aromatic rings. The molecular weight excluding hydrogens is 437 g/mol. The maximum Gasteiger partial charge on any atom is 0.573 e. The Morgan fingerprint density at radius 2 is 1.70 bits per heavy atom. The number of carbonyl (C=O) groups excluding carboxylic acids is 1. The fourth-order valence-corrected chi connectivity index (χ4v) is 3.40. The lowest BCUT2D eigenvalue weighted by Crippen LogP contribution is -2.24. The fraction of sp³-hybridized carbons (Fsp3) is 0.125. The Labute approximate surface area is 185 Å². The van der Waals surface area contributed by atoms with Gasteiger partial charge in [-0.3, -0.25) is 4.79 Å². The Kier molecular flexibility index (Phi) is 5.87. The van der Waals surface area contributed by atoms with E-state index in [1.807, 2.05) is 0 Å². The van der Waals surface area contributed by atoms with Gasteiger partial charge in [0, 0.05) is 11.6 Å². The number of benzene rings is 3. The van der Waals surface area contributed by atoms with E-state index in [4.69, 9.17) is 0 Å². The first-order valence-electron chi connectivity index (χ1n) is 9.78. The van der Waals surface area contributed by atoms with E-state index in [2.05, 4.69) is 14.5 Å². The van der Waals surface area contributed by atoms with E-state index in [-0.39, 0.29) is 17.8 Å². The van der Waals surface area contributed by atoms with Crippen LogP contribution < -0.4 is 10.3 Å². The zero-order chi connectivity index (χ0) is 23.6. The lowest BCUT2D eigenvalue weighted by molar-refractivity contribution is -0.274. The van der Waals surface area contributed by atoms with Crippen LogP contribution in [0.25, 0.3) is 22.3 Å². The SMILES string of the molecule is COC(=O)c1ccc(Cn2c(=O)c(-c3ccccc3)nc3ccc(OC(F)(F)F)cc32)cc1. The van der Waals surface area contributed by atoms with Gasteiger partial charge in [-0.2, -0.15) is 0 Å². The molecule has 1 aromatic heterocycles. The Bertz CT molecular complexity index is 1370. The summed E-state index contributed by atoms with van der Waals surface area (Å²) in [5.74, 6) is -0.966. The molecule has 4 rings (SSSR count). The molecule has 0 atom stereocenters. The van der Waals surface area contributed by atoms with E-state index >= 15 is 0 Å². The van der Waals surface area contributed by atoms with Crippen molar-refractivity contribution < 1.29 is 27.4 Å². The molecule has 3 aromatic carbocycles. The van der Waals surface area contributed by atoms with Gasteiger partial charge in [0.25, 0.3) is 5.56 Å². The molecular formula is C24H17F3N2O4. The number of alkyl halides is 3. The largest absolute Gasteiger partial charge is 0.573 e. The molecule has 0 fully saturated rings. The van der Waals surface area contributed by atoms with Crippen LogP contribution in [0.4, 0.5) is 13.2 Å². The normalized spacial score (nSPS) is 11.4. The third-order valence-corrected chi connectivity index (χ3v) is 4.91. The first-order chi connectivity index (χ1) is 15.7. The van der Waals surface area contributed by atoms with E-state index in [9.17, 15) is 22.8 Å². The molecule has 0 aliphatic heterocycles. The van der Waals surface area contributed by atoms with Gasteiger partial charge in [0.05, 0.1) is 30.3 Å². The number of nitrogens with zero attached hydrogens (tertiary/aromatic N) is 2. The van der Waals surface area contributed by atoms with Crippen LogP contribution >= 0.6 is 0 Å². The standard InChI is InChI=1S/C24H17F3N2O4/c1-32-23(31)17-9-7-15(8-10-17)14-29-20-13-18(33-24(25,26)27)11-12-19(20)28-21(22(29)30)16-5-3-2-4-6-16/h2-13H,14H2,1H3. The molecule has 0 amide bonds. The van der Waals surface area contributed by atoms with E-state index in [0.29, 0.717) is 22.2 Å². The third kappa shape index (κ3) is 4.87. The number of hydrogen-bond donors (Lipinski definition) is 0. The minimum absolute atomic E-state index is 0.0363. The molecule has 33 heavy (non-hydrogen) atoms. The number of carbonyl (C=O) groups is 1. The summed E-state index contributed by atoms with van der Waals surface area (Å²) < 4.78 is 48.3. The summed E-state index contributed by atoms with van der Waals surface area (Å²) in [4.78, 5) is 29.4. The average molecular weight is 454 g/mol. The predicted octanol–water partition coefficient (Wildman–Crippen LogP) is 4.80. The molecule has 9 heteroatoms. The number of rotatable bonds is 5. The summed E-state index contributed by atoms with van der Waals surface area (Å²) in [5, 5.41) is 0. The van der Waals surface area contributed by atoms with Gasteiger partial charge in [-0.1, -0.05) is 42.5 Å². The van der Waals surface area contributed by atoms with Crippen LogP contribution in [0.5, 0.6) is 5.75 Å². The summed E-state index contributed by atoms with van der Waals surface area (Å²) >= 11 is 0. The highest BCUT2D eigenvalue weighted by Crippen LogP contribution is 2.27. The van der Waals surface area contributed by atoms with Crippen molar-refractivity contribution in [2.75, 3.05) is 7.11 Å². The van der Waals surface area contributed by atoms with E-state index in [0.717, 1.165) is 12.1 Å². The lowest BCUT2D eigenvalue weighted by Gasteiger charge is -2.15. The van der Waals surface area contributed by atoms with Crippen molar-refractivity contribution in [2.24, 2.45) is 0 Å². The maximum atomic E-state index is 13.4.